The summed E-state index contributed by atoms with van der Waals surface area (Å²) in [6.45, 7) is 0. The highest BCUT2D eigenvalue weighted by Gasteiger charge is 2.34. The second kappa shape index (κ2) is 5.69. The zero-order valence-corrected chi connectivity index (χ0v) is 13.1. The number of carbonyl (C=O) groups excluding carboxylic acids is 2. The van der Waals surface area contributed by atoms with Crippen LogP contribution in [0.2, 0.25) is 0 Å². The molecule has 3 rings (SSSR count). The summed E-state index contributed by atoms with van der Waals surface area (Å²) in [5.41, 5.74) is 4.22. The highest BCUT2D eigenvalue weighted by Crippen LogP contribution is 2.22. The number of nitrogens with zero attached hydrogens (tertiary/aromatic N) is 1. The third-order valence-corrected chi connectivity index (χ3v) is 4.09. The minimum absolute atomic E-state index is 0.142. The van der Waals surface area contributed by atoms with Crippen molar-refractivity contribution in [2.75, 3.05) is 5.01 Å². The van der Waals surface area contributed by atoms with Gasteiger partial charge < -0.3 is 0 Å². The Hall–Kier alpha value is -2.15. The lowest BCUT2D eigenvalue weighted by molar-refractivity contribution is -0.117. The summed E-state index contributed by atoms with van der Waals surface area (Å²) >= 11 is 2.18. The second-order valence-electron chi connectivity index (χ2n) is 4.50. The quantitative estimate of drug-likeness (QED) is 0.487. The number of nitrogens with one attached hydrogen (secondary N) is 1. The van der Waals surface area contributed by atoms with Crippen LogP contribution in [-0.4, -0.2) is 11.8 Å². The lowest BCUT2D eigenvalue weighted by Gasteiger charge is -2.13. The van der Waals surface area contributed by atoms with Crippen molar-refractivity contribution in [1.29, 1.82) is 0 Å². The van der Waals surface area contributed by atoms with Gasteiger partial charge in [0.1, 0.15) is 5.57 Å². The molecule has 2 aromatic carbocycles. The highest BCUT2D eigenvalue weighted by molar-refractivity contribution is 14.1. The number of benzene rings is 2. The van der Waals surface area contributed by atoms with Crippen LogP contribution in [0.5, 0.6) is 0 Å². The van der Waals surface area contributed by atoms with Crippen molar-refractivity contribution in [2.24, 2.45) is 0 Å². The lowest BCUT2D eigenvalue weighted by atomic mass is 10.1. The van der Waals surface area contributed by atoms with Crippen molar-refractivity contribution < 1.29 is 9.59 Å². The van der Waals surface area contributed by atoms with Crippen LogP contribution in [0, 0.1) is 3.57 Å². The smallest absolute Gasteiger partial charge is 0.267 e. The van der Waals surface area contributed by atoms with Gasteiger partial charge in [0.15, 0.2) is 0 Å². The van der Waals surface area contributed by atoms with Crippen LogP contribution in [0.1, 0.15) is 5.56 Å². The summed E-state index contributed by atoms with van der Waals surface area (Å²) in [5.74, 6) is -0.727. The molecule has 2 aromatic rings. The summed E-state index contributed by atoms with van der Waals surface area (Å²) in [5, 5.41) is 1.27. The van der Waals surface area contributed by atoms with Crippen LogP contribution in [-0.2, 0) is 9.59 Å². The van der Waals surface area contributed by atoms with Gasteiger partial charge in [-0.15, -0.1) is 0 Å². The molecule has 0 aliphatic carbocycles. The maximum Gasteiger partial charge on any atom is 0.282 e. The number of para-hydroxylation sites is 1. The summed E-state index contributed by atoms with van der Waals surface area (Å²) in [6.07, 6.45) is 1.63. The molecule has 1 fully saturated rings. The Morgan fingerprint density at radius 3 is 2.33 bits per heavy atom. The summed E-state index contributed by atoms with van der Waals surface area (Å²) in [7, 11) is 0. The van der Waals surface area contributed by atoms with E-state index in [1.54, 1.807) is 18.2 Å². The van der Waals surface area contributed by atoms with E-state index in [0.29, 0.717) is 5.69 Å². The molecule has 2 amide bonds. The van der Waals surface area contributed by atoms with E-state index in [1.807, 2.05) is 42.5 Å². The summed E-state index contributed by atoms with van der Waals surface area (Å²) < 4.78 is 0.987. The van der Waals surface area contributed by atoms with E-state index in [0.717, 1.165) is 9.13 Å². The number of rotatable bonds is 2. The first-order valence-electron chi connectivity index (χ1n) is 6.33. The number of hydrogen-bond acceptors (Lipinski definition) is 2. The van der Waals surface area contributed by atoms with Crippen molar-refractivity contribution in [3.05, 3.63) is 69.3 Å². The molecule has 0 spiro atoms. The maximum atomic E-state index is 12.4. The first-order chi connectivity index (χ1) is 10.2. The van der Waals surface area contributed by atoms with Gasteiger partial charge in [0.2, 0.25) is 0 Å². The van der Waals surface area contributed by atoms with E-state index in [4.69, 9.17) is 0 Å². The van der Waals surface area contributed by atoms with E-state index in [1.165, 1.54) is 5.01 Å². The van der Waals surface area contributed by atoms with Crippen molar-refractivity contribution in [2.45, 2.75) is 0 Å². The van der Waals surface area contributed by atoms with Gasteiger partial charge in [0.25, 0.3) is 11.8 Å². The van der Waals surface area contributed by atoms with E-state index in [9.17, 15) is 9.59 Å². The van der Waals surface area contributed by atoms with Gasteiger partial charge in [-0.25, -0.2) is 5.01 Å². The molecule has 1 N–H and O–H groups in total. The van der Waals surface area contributed by atoms with Crippen LogP contribution in [0.4, 0.5) is 5.69 Å². The molecule has 1 aliphatic rings. The molecule has 0 unspecified atom stereocenters. The number of carbonyl (C=O) groups is 2. The zero-order chi connectivity index (χ0) is 14.8. The van der Waals surface area contributed by atoms with Crippen molar-refractivity contribution in [1.82, 2.24) is 5.43 Å². The van der Waals surface area contributed by atoms with Crippen LogP contribution >= 0.6 is 22.6 Å². The summed E-state index contributed by atoms with van der Waals surface area (Å²) in [6, 6.07) is 16.6. The van der Waals surface area contributed by atoms with Crippen LogP contribution < -0.4 is 10.4 Å². The molecule has 1 aliphatic heterocycles. The second-order valence-corrected chi connectivity index (χ2v) is 5.66. The van der Waals surface area contributed by atoms with Crippen molar-refractivity contribution >= 4 is 46.2 Å². The fraction of sp³-hybridized carbons (Fsp3) is 0. The molecule has 1 heterocycles. The average molecular weight is 390 g/mol. The predicted molar refractivity (Wildman–Crippen MR) is 89.2 cm³/mol. The van der Waals surface area contributed by atoms with Gasteiger partial charge >= 0.3 is 0 Å². The largest absolute Gasteiger partial charge is 0.282 e. The Morgan fingerprint density at radius 2 is 1.62 bits per heavy atom. The van der Waals surface area contributed by atoms with Crippen LogP contribution in [0.15, 0.2) is 60.2 Å². The normalized spacial score (nSPS) is 16.4. The Morgan fingerprint density at radius 1 is 0.952 bits per heavy atom. The Kier molecular flexibility index (Phi) is 3.74. The molecule has 5 heteroatoms. The molecule has 4 nitrogen and oxygen atoms in total. The van der Waals surface area contributed by atoms with Gasteiger partial charge in [0.05, 0.1) is 5.69 Å². The Balaban J connectivity index is 1.97. The van der Waals surface area contributed by atoms with Gasteiger partial charge in [0, 0.05) is 3.57 Å². The van der Waals surface area contributed by atoms with Gasteiger partial charge in [-0.3, -0.25) is 15.0 Å². The first-order valence-corrected chi connectivity index (χ1v) is 7.41. The third-order valence-electron chi connectivity index (χ3n) is 3.11. The topological polar surface area (TPSA) is 49.4 Å². The molecule has 0 saturated carbocycles. The highest BCUT2D eigenvalue weighted by atomic mass is 127. The van der Waals surface area contributed by atoms with Crippen LogP contribution in [0.25, 0.3) is 6.08 Å². The van der Waals surface area contributed by atoms with E-state index < -0.39 is 0 Å². The van der Waals surface area contributed by atoms with Crippen molar-refractivity contribution in [3.8, 4) is 0 Å². The van der Waals surface area contributed by atoms with Gasteiger partial charge in [-0.05, 0) is 52.4 Å². The number of halogens is 1. The fourth-order valence-electron chi connectivity index (χ4n) is 2.06. The third kappa shape index (κ3) is 2.69. The van der Waals surface area contributed by atoms with E-state index in [-0.39, 0.29) is 17.4 Å². The molecule has 0 aromatic heterocycles. The van der Waals surface area contributed by atoms with Crippen LogP contribution in [0.3, 0.4) is 0 Å². The number of amides is 2. The standard InChI is InChI=1S/C16H11IN2O2/c17-14-9-5-4-6-11(14)10-13-15(20)18-19(16(13)21)12-7-2-1-3-8-12/h1-10H,(H,18,20)/b13-10+. The van der Waals surface area contributed by atoms with E-state index in [2.05, 4.69) is 28.0 Å². The maximum absolute atomic E-state index is 12.4. The number of hydrogen-bond donors (Lipinski definition) is 1. The molecule has 0 atom stereocenters. The number of anilines is 1. The molecular formula is C16H11IN2O2. The average Bonchev–Trinajstić information content (AvgIpc) is 2.78. The Bertz CT molecular complexity index is 741. The molecule has 1 saturated heterocycles. The SMILES string of the molecule is O=C1NN(c2ccccc2)C(=O)/C1=C/c1ccccc1I. The number of hydrazine groups is 1. The molecule has 0 radical (unpaired) electrons. The molecule has 104 valence electrons. The van der Waals surface area contributed by atoms with Gasteiger partial charge in [-0.2, -0.15) is 0 Å². The molecular weight excluding hydrogens is 379 g/mol. The van der Waals surface area contributed by atoms with Gasteiger partial charge in [-0.1, -0.05) is 36.4 Å². The zero-order valence-electron chi connectivity index (χ0n) is 10.9. The van der Waals surface area contributed by atoms with E-state index >= 15 is 0 Å². The Labute approximate surface area is 135 Å². The minimum atomic E-state index is -0.386. The predicted octanol–water partition coefficient (Wildman–Crippen LogP) is 2.75. The lowest BCUT2D eigenvalue weighted by Crippen LogP contribution is -2.35. The summed E-state index contributed by atoms with van der Waals surface area (Å²) in [4.78, 5) is 24.4. The minimum Gasteiger partial charge on any atom is -0.267 e. The molecule has 0 bridgehead atoms. The fourth-order valence-corrected chi connectivity index (χ4v) is 2.61. The monoisotopic (exact) mass is 390 g/mol. The van der Waals surface area contributed by atoms with Crippen molar-refractivity contribution in [3.63, 3.8) is 0 Å². The first kappa shape index (κ1) is 13.8. The molecule has 21 heavy (non-hydrogen) atoms.